The lowest BCUT2D eigenvalue weighted by molar-refractivity contribution is 0.738. The fraction of sp³-hybridized carbons (Fsp3) is 0.0909. The normalized spacial score (nSPS) is 10.9. The lowest BCUT2D eigenvalue weighted by Gasteiger charge is -1.97. The number of hydrogen-bond acceptors (Lipinski definition) is 4. The summed E-state index contributed by atoms with van der Waals surface area (Å²) < 4.78 is 1.25. The Bertz CT molecular complexity index is 626. The second-order valence-electron chi connectivity index (χ2n) is 3.48. The summed E-state index contributed by atoms with van der Waals surface area (Å²) in [5.74, 6) is 0. The molecule has 0 saturated heterocycles. The minimum absolute atomic E-state index is 0.167. The van der Waals surface area contributed by atoms with E-state index in [4.69, 9.17) is 12.2 Å². The lowest BCUT2D eigenvalue weighted by atomic mass is 10.2. The van der Waals surface area contributed by atoms with Crippen LogP contribution in [0.4, 0.5) is 0 Å². The number of aryl methyl sites for hydroxylation is 1. The van der Waals surface area contributed by atoms with Crippen molar-refractivity contribution < 1.29 is 0 Å². The van der Waals surface area contributed by atoms with Gasteiger partial charge in [0.15, 0.2) is 0 Å². The number of aromatic nitrogens is 3. The Kier molecular flexibility index (Phi) is 3.24. The molecule has 2 aromatic rings. The average molecular weight is 246 g/mol. The Balaban J connectivity index is 2.36. The van der Waals surface area contributed by atoms with Crippen molar-refractivity contribution in [2.75, 3.05) is 0 Å². The molecule has 0 aliphatic rings. The molecule has 5 nitrogen and oxygen atoms in total. The van der Waals surface area contributed by atoms with E-state index in [2.05, 4.69) is 15.3 Å². The van der Waals surface area contributed by atoms with Gasteiger partial charge in [-0.15, -0.1) is 0 Å². The first-order valence-corrected chi connectivity index (χ1v) is 5.35. The molecule has 0 atom stereocenters. The van der Waals surface area contributed by atoms with E-state index in [-0.39, 0.29) is 10.3 Å². The minimum Gasteiger partial charge on any atom is -0.265 e. The highest BCUT2D eigenvalue weighted by molar-refractivity contribution is 7.71. The van der Waals surface area contributed by atoms with Crippen molar-refractivity contribution in [3.8, 4) is 0 Å². The maximum absolute atomic E-state index is 11.4. The fourth-order valence-electron chi connectivity index (χ4n) is 1.23. The summed E-state index contributed by atoms with van der Waals surface area (Å²) in [7, 11) is 0. The summed E-state index contributed by atoms with van der Waals surface area (Å²) in [6, 6.07) is 7.77. The quantitative estimate of drug-likeness (QED) is 0.645. The highest BCUT2D eigenvalue weighted by Gasteiger charge is 1.94. The van der Waals surface area contributed by atoms with Crippen LogP contribution in [0, 0.1) is 11.7 Å². The SMILES string of the molecule is Cc1ccc(/C=N\n2c(=O)cn[nH]c2=S)cc1. The van der Waals surface area contributed by atoms with Gasteiger partial charge in [0.25, 0.3) is 5.56 Å². The van der Waals surface area contributed by atoms with Crippen molar-refractivity contribution in [1.29, 1.82) is 0 Å². The molecule has 86 valence electrons. The van der Waals surface area contributed by atoms with Gasteiger partial charge in [-0.3, -0.25) is 9.89 Å². The number of H-pyrrole nitrogens is 1. The molecule has 0 saturated carbocycles. The van der Waals surface area contributed by atoms with E-state index in [1.165, 1.54) is 5.56 Å². The molecule has 0 unspecified atom stereocenters. The molecule has 0 radical (unpaired) electrons. The first-order valence-electron chi connectivity index (χ1n) is 4.94. The molecule has 17 heavy (non-hydrogen) atoms. The van der Waals surface area contributed by atoms with E-state index in [1.54, 1.807) is 6.21 Å². The molecule has 1 aromatic carbocycles. The number of rotatable bonds is 2. The Morgan fingerprint density at radius 2 is 2.12 bits per heavy atom. The predicted octanol–water partition coefficient (Wildman–Crippen LogP) is 1.49. The summed E-state index contributed by atoms with van der Waals surface area (Å²) in [5, 5.41) is 10.1. The highest BCUT2D eigenvalue weighted by atomic mass is 32.1. The molecule has 0 spiro atoms. The zero-order valence-corrected chi connectivity index (χ0v) is 9.94. The Hall–Kier alpha value is -2.08. The Labute approximate surface area is 102 Å². The van der Waals surface area contributed by atoms with Crippen LogP contribution in [0.1, 0.15) is 11.1 Å². The summed E-state index contributed by atoms with van der Waals surface area (Å²) in [5.41, 5.74) is 1.70. The van der Waals surface area contributed by atoms with Gasteiger partial charge in [-0.1, -0.05) is 29.8 Å². The van der Waals surface area contributed by atoms with Gasteiger partial charge in [-0.05, 0) is 24.7 Å². The molecule has 0 aliphatic carbocycles. The topological polar surface area (TPSA) is 63.0 Å². The van der Waals surface area contributed by atoms with E-state index >= 15 is 0 Å². The monoisotopic (exact) mass is 246 g/mol. The zero-order valence-electron chi connectivity index (χ0n) is 9.12. The van der Waals surface area contributed by atoms with Crippen molar-refractivity contribution >= 4 is 18.4 Å². The second-order valence-corrected chi connectivity index (χ2v) is 3.87. The van der Waals surface area contributed by atoms with Gasteiger partial charge in [-0.2, -0.15) is 14.9 Å². The average Bonchev–Trinajstić information content (AvgIpc) is 2.31. The van der Waals surface area contributed by atoms with Crippen molar-refractivity contribution in [3.63, 3.8) is 0 Å². The van der Waals surface area contributed by atoms with Gasteiger partial charge in [0.2, 0.25) is 4.77 Å². The van der Waals surface area contributed by atoms with Crippen LogP contribution in [0.2, 0.25) is 0 Å². The standard InChI is InChI=1S/C11H10N4OS/c1-8-2-4-9(5-3-8)6-13-15-10(16)7-12-14-11(15)17/h2-7H,1H3,(H,14,17)/b13-6-. The molecule has 1 N–H and O–H groups in total. The van der Waals surface area contributed by atoms with Crippen molar-refractivity contribution in [3.05, 3.63) is 56.7 Å². The minimum atomic E-state index is -0.364. The second kappa shape index (κ2) is 4.84. The number of aromatic amines is 1. The summed E-state index contributed by atoms with van der Waals surface area (Å²) in [6.45, 7) is 2.00. The van der Waals surface area contributed by atoms with Gasteiger partial charge >= 0.3 is 0 Å². The maximum atomic E-state index is 11.4. The number of benzene rings is 1. The van der Waals surface area contributed by atoms with Gasteiger partial charge < -0.3 is 0 Å². The first kappa shape index (κ1) is 11.4. The van der Waals surface area contributed by atoms with Gasteiger partial charge in [-0.25, -0.2) is 0 Å². The zero-order chi connectivity index (χ0) is 12.3. The maximum Gasteiger partial charge on any atom is 0.293 e. The summed E-state index contributed by atoms with van der Waals surface area (Å²) >= 11 is 4.91. The molecular formula is C11H10N4OS. The third kappa shape index (κ3) is 2.73. The fourth-order valence-corrected chi connectivity index (χ4v) is 1.42. The van der Waals surface area contributed by atoms with Gasteiger partial charge in [0, 0.05) is 0 Å². The Morgan fingerprint density at radius 1 is 1.41 bits per heavy atom. The summed E-state index contributed by atoms with van der Waals surface area (Å²) in [4.78, 5) is 11.4. The number of hydrogen-bond donors (Lipinski definition) is 1. The first-order chi connectivity index (χ1) is 8.16. The molecule has 0 aliphatic heterocycles. The van der Waals surface area contributed by atoms with Crippen LogP contribution in [0.25, 0.3) is 0 Å². The van der Waals surface area contributed by atoms with Crippen molar-refractivity contribution in [1.82, 2.24) is 14.9 Å². The molecular weight excluding hydrogens is 236 g/mol. The van der Waals surface area contributed by atoms with Crippen LogP contribution >= 0.6 is 12.2 Å². The van der Waals surface area contributed by atoms with E-state index in [1.807, 2.05) is 31.2 Å². The molecule has 6 heteroatoms. The van der Waals surface area contributed by atoms with Crippen LogP contribution < -0.4 is 5.56 Å². The van der Waals surface area contributed by atoms with Crippen molar-refractivity contribution in [2.45, 2.75) is 6.92 Å². The molecule has 2 rings (SSSR count). The van der Waals surface area contributed by atoms with E-state index in [9.17, 15) is 4.79 Å². The van der Waals surface area contributed by atoms with Crippen LogP contribution in [0.3, 0.4) is 0 Å². The van der Waals surface area contributed by atoms with Gasteiger partial charge in [0.1, 0.15) is 6.20 Å². The third-order valence-corrected chi connectivity index (χ3v) is 2.40. The van der Waals surface area contributed by atoms with Crippen LogP contribution in [-0.2, 0) is 0 Å². The molecule has 1 aromatic heterocycles. The lowest BCUT2D eigenvalue weighted by Crippen LogP contribution is -2.18. The van der Waals surface area contributed by atoms with Crippen LogP contribution in [0.15, 0.2) is 40.4 Å². The van der Waals surface area contributed by atoms with E-state index in [0.29, 0.717) is 0 Å². The van der Waals surface area contributed by atoms with Crippen LogP contribution in [-0.4, -0.2) is 21.1 Å². The summed E-state index contributed by atoms with van der Waals surface area (Å²) in [6.07, 6.45) is 2.70. The molecule has 1 heterocycles. The molecule has 0 amide bonds. The van der Waals surface area contributed by atoms with Crippen molar-refractivity contribution in [2.24, 2.45) is 5.10 Å². The highest BCUT2D eigenvalue weighted by Crippen LogP contribution is 2.00. The van der Waals surface area contributed by atoms with E-state index in [0.717, 1.165) is 16.4 Å². The van der Waals surface area contributed by atoms with Gasteiger partial charge in [0.05, 0.1) is 6.21 Å². The number of nitrogens with one attached hydrogen (secondary N) is 1. The van der Waals surface area contributed by atoms with Crippen LogP contribution in [0.5, 0.6) is 0 Å². The largest absolute Gasteiger partial charge is 0.293 e. The molecule has 0 bridgehead atoms. The number of nitrogens with zero attached hydrogens (tertiary/aromatic N) is 3. The predicted molar refractivity (Wildman–Crippen MR) is 67.9 cm³/mol. The third-order valence-electron chi connectivity index (χ3n) is 2.14. The molecule has 0 fully saturated rings. The van der Waals surface area contributed by atoms with E-state index < -0.39 is 0 Å². The smallest absolute Gasteiger partial charge is 0.265 e. The Morgan fingerprint density at radius 3 is 2.76 bits per heavy atom.